The number of hydrogen-bond donors (Lipinski definition) is 1. The summed E-state index contributed by atoms with van der Waals surface area (Å²) in [5.41, 5.74) is 1.06. The third-order valence-corrected chi connectivity index (χ3v) is 3.04. The maximum Gasteiger partial charge on any atom is 0.252 e. The van der Waals surface area contributed by atoms with E-state index >= 15 is 0 Å². The lowest BCUT2D eigenvalue weighted by Gasteiger charge is -2.04. The standard InChI is InChI=1S/C18H15F2NO2/c1-13-6-2-3-7-17(13)23-11-5-4-10-21-18(22)14-8-9-15(19)16(20)12-14/h2-3,6-9,12H,10-11H2,1H3,(H,21,22). The molecule has 0 aromatic heterocycles. The van der Waals surface area contributed by atoms with Gasteiger partial charge in [0.15, 0.2) is 11.6 Å². The highest BCUT2D eigenvalue weighted by atomic mass is 19.2. The molecule has 0 atom stereocenters. The van der Waals surface area contributed by atoms with Crippen molar-refractivity contribution in [2.75, 3.05) is 13.2 Å². The Morgan fingerprint density at radius 3 is 2.65 bits per heavy atom. The van der Waals surface area contributed by atoms with Gasteiger partial charge in [-0.1, -0.05) is 30.0 Å². The summed E-state index contributed by atoms with van der Waals surface area (Å²) in [5, 5.41) is 2.50. The van der Waals surface area contributed by atoms with E-state index in [2.05, 4.69) is 17.2 Å². The lowest BCUT2D eigenvalue weighted by molar-refractivity contribution is 0.0958. The second-order valence-electron chi connectivity index (χ2n) is 4.72. The third-order valence-electron chi connectivity index (χ3n) is 3.04. The van der Waals surface area contributed by atoms with Gasteiger partial charge in [0.05, 0.1) is 6.54 Å². The van der Waals surface area contributed by atoms with E-state index in [1.807, 2.05) is 31.2 Å². The van der Waals surface area contributed by atoms with Crippen molar-refractivity contribution in [3.05, 3.63) is 65.2 Å². The first-order valence-corrected chi connectivity index (χ1v) is 6.95. The number of amides is 1. The zero-order valence-corrected chi connectivity index (χ0v) is 12.5. The van der Waals surface area contributed by atoms with E-state index in [9.17, 15) is 13.6 Å². The van der Waals surface area contributed by atoms with E-state index in [1.54, 1.807) is 0 Å². The minimum absolute atomic E-state index is 0.0434. The monoisotopic (exact) mass is 315 g/mol. The zero-order valence-electron chi connectivity index (χ0n) is 12.5. The summed E-state index contributed by atoms with van der Waals surface area (Å²) < 4.78 is 31.3. The van der Waals surface area contributed by atoms with Gasteiger partial charge in [-0.15, -0.1) is 0 Å². The molecule has 0 heterocycles. The van der Waals surface area contributed by atoms with Crippen molar-refractivity contribution in [3.8, 4) is 17.6 Å². The number of para-hydroxylation sites is 1. The van der Waals surface area contributed by atoms with Gasteiger partial charge < -0.3 is 10.1 Å². The van der Waals surface area contributed by atoms with Gasteiger partial charge >= 0.3 is 0 Å². The fourth-order valence-corrected chi connectivity index (χ4v) is 1.81. The summed E-state index contributed by atoms with van der Waals surface area (Å²) in [5.74, 6) is 3.68. The number of hydrogen-bond acceptors (Lipinski definition) is 2. The SMILES string of the molecule is Cc1ccccc1OCC#CCNC(=O)c1ccc(F)c(F)c1. The Balaban J connectivity index is 1.78. The van der Waals surface area contributed by atoms with Crippen molar-refractivity contribution in [2.24, 2.45) is 0 Å². The Morgan fingerprint density at radius 1 is 1.13 bits per heavy atom. The Morgan fingerprint density at radius 2 is 1.91 bits per heavy atom. The van der Waals surface area contributed by atoms with E-state index in [0.717, 1.165) is 23.4 Å². The van der Waals surface area contributed by atoms with Crippen LogP contribution in [-0.4, -0.2) is 19.1 Å². The number of rotatable bonds is 4. The van der Waals surface area contributed by atoms with Crippen molar-refractivity contribution in [2.45, 2.75) is 6.92 Å². The molecule has 0 radical (unpaired) electrons. The average Bonchev–Trinajstić information content (AvgIpc) is 2.54. The lowest BCUT2D eigenvalue weighted by atomic mass is 10.2. The maximum absolute atomic E-state index is 13.0. The molecule has 0 saturated carbocycles. The molecule has 0 aliphatic rings. The van der Waals surface area contributed by atoms with Crippen molar-refractivity contribution in [1.82, 2.24) is 5.32 Å². The summed E-state index contributed by atoms with van der Waals surface area (Å²) in [4.78, 5) is 11.7. The van der Waals surface area contributed by atoms with E-state index < -0.39 is 17.5 Å². The zero-order chi connectivity index (χ0) is 16.7. The molecule has 3 nitrogen and oxygen atoms in total. The molecule has 0 unspecified atom stereocenters. The Hall–Kier alpha value is -2.87. The number of carbonyl (C=O) groups excluding carboxylic acids is 1. The molecular formula is C18H15F2NO2. The maximum atomic E-state index is 13.0. The molecule has 0 spiro atoms. The van der Waals surface area contributed by atoms with Gasteiger partial charge in [-0.05, 0) is 36.8 Å². The summed E-state index contributed by atoms with van der Waals surface area (Å²) in [6.45, 7) is 2.23. The van der Waals surface area contributed by atoms with Crippen LogP contribution in [0, 0.1) is 30.4 Å². The summed E-state index contributed by atoms with van der Waals surface area (Å²) in [6, 6.07) is 10.5. The number of nitrogens with one attached hydrogen (secondary N) is 1. The van der Waals surface area contributed by atoms with Gasteiger partial charge in [-0.25, -0.2) is 8.78 Å². The second-order valence-corrected chi connectivity index (χ2v) is 4.72. The number of benzene rings is 2. The van der Waals surface area contributed by atoms with Crippen LogP contribution in [0.1, 0.15) is 15.9 Å². The molecular weight excluding hydrogens is 300 g/mol. The first kappa shape index (κ1) is 16.5. The molecule has 0 aliphatic carbocycles. The highest BCUT2D eigenvalue weighted by Crippen LogP contribution is 2.15. The Kier molecular flexibility index (Phi) is 5.70. The van der Waals surface area contributed by atoms with Crippen molar-refractivity contribution in [1.29, 1.82) is 0 Å². The molecule has 23 heavy (non-hydrogen) atoms. The van der Waals surface area contributed by atoms with Gasteiger partial charge in [0.25, 0.3) is 5.91 Å². The summed E-state index contributed by atoms with van der Waals surface area (Å²) in [6.07, 6.45) is 0. The molecule has 2 aromatic rings. The number of halogens is 2. The van der Waals surface area contributed by atoms with Gasteiger partial charge in [-0.2, -0.15) is 0 Å². The predicted molar refractivity (Wildman–Crippen MR) is 83.1 cm³/mol. The molecule has 0 saturated heterocycles. The van der Waals surface area contributed by atoms with E-state index in [-0.39, 0.29) is 18.7 Å². The summed E-state index contributed by atoms with van der Waals surface area (Å²) >= 11 is 0. The van der Waals surface area contributed by atoms with E-state index in [1.165, 1.54) is 6.07 Å². The number of ether oxygens (including phenoxy) is 1. The van der Waals surface area contributed by atoms with Crippen LogP contribution in [0.4, 0.5) is 8.78 Å². The first-order chi connectivity index (χ1) is 11.1. The minimum Gasteiger partial charge on any atom is -0.481 e. The van der Waals surface area contributed by atoms with Crippen molar-refractivity contribution < 1.29 is 18.3 Å². The highest BCUT2D eigenvalue weighted by molar-refractivity contribution is 5.94. The van der Waals surface area contributed by atoms with Crippen LogP contribution >= 0.6 is 0 Å². The van der Waals surface area contributed by atoms with Crippen LogP contribution in [0.5, 0.6) is 5.75 Å². The lowest BCUT2D eigenvalue weighted by Crippen LogP contribution is -2.23. The average molecular weight is 315 g/mol. The molecule has 0 aliphatic heterocycles. The van der Waals surface area contributed by atoms with Crippen molar-refractivity contribution >= 4 is 5.91 Å². The quantitative estimate of drug-likeness (QED) is 0.881. The topological polar surface area (TPSA) is 38.3 Å². The van der Waals surface area contributed by atoms with Gasteiger partial charge in [0, 0.05) is 5.56 Å². The van der Waals surface area contributed by atoms with Gasteiger partial charge in [-0.3, -0.25) is 4.79 Å². The van der Waals surface area contributed by atoms with Gasteiger partial charge in [0.2, 0.25) is 0 Å². The smallest absolute Gasteiger partial charge is 0.252 e. The largest absolute Gasteiger partial charge is 0.481 e. The molecule has 2 aromatic carbocycles. The molecule has 0 fully saturated rings. The fraction of sp³-hybridized carbons (Fsp3) is 0.167. The molecule has 1 N–H and O–H groups in total. The van der Waals surface area contributed by atoms with Crippen LogP contribution in [0.15, 0.2) is 42.5 Å². The molecule has 1 amide bonds. The molecule has 2 rings (SSSR count). The predicted octanol–water partition coefficient (Wildman–Crippen LogP) is 3.09. The fourth-order valence-electron chi connectivity index (χ4n) is 1.81. The van der Waals surface area contributed by atoms with Crippen LogP contribution in [0.2, 0.25) is 0 Å². The number of carbonyl (C=O) groups is 1. The highest BCUT2D eigenvalue weighted by Gasteiger charge is 2.08. The normalized spacial score (nSPS) is 9.70. The van der Waals surface area contributed by atoms with Crippen LogP contribution in [0.25, 0.3) is 0 Å². The third kappa shape index (κ3) is 4.82. The van der Waals surface area contributed by atoms with Crippen LogP contribution < -0.4 is 10.1 Å². The van der Waals surface area contributed by atoms with Crippen LogP contribution in [-0.2, 0) is 0 Å². The molecule has 0 bridgehead atoms. The van der Waals surface area contributed by atoms with Crippen LogP contribution in [0.3, 0.4) is 0 Å². The van der Waals surface area contributed by atoms with Gasteiger partial charge in [0.1, 0.15) is 12.4 Å². The number of aryl methyl sites for hydroxylation is 1. The Bertz CT molecular complexity index is 763. The molecule has 118 valence electrons. The second kappa shape index (κ2) is 7.95. The van der Waals surface area contributed by atoms with Crippen molar-refractivity contribution in [3.63, 3.8) is 0 Å². The minimum atomic E-state index is -1.06. The van der Waals surface area contributed by atoms with E-state index in [4.69, 9.17) is 4.74 Å². The Labute approximate surface area is 133 Å². The summed E-state index contributed by atoms with van der Waals surface area (Å²) in [7, 11) is 0. The first-order valence-electron chi connectivity index (χ1n) is 6.95. The van der Waals surface area contributed by atoms with E-state index in [0.29, 0.717) is 0 Å². The molecule has 5 heteroatoms.